The van der Waals surface area contributed by atoms with E-state index >= 15 is 0 Å². The van der Waals surface area contributed by atoms with Crippen LogP contribution >= 0.6 is 11.3 Å². The minimum atomic E-state index is -0.104. The number of hydrogen-bond donors (Lipinski definition) is 2. The van der Waals surface area contributed by atoms with Gasteiger partial charge in [0, 0.05) is 37.9 Å². The molecule has 0 aliphatic heterocycles. The van der Waals surface area contributed by atoms with Crippen molar-refractivity contribution in [2.75, 3.05) is 20.3 Å². The number of thiazole rings is 1. The van der Waals surface area contributed by atoms with Crippen LogP contribution in [0, 0.1) is 0 Å². The number of nitrogens with one attached hydrogen (secondary N) is 1. The third-order valence-electron chi connectivity index (χ3n) is 2.70. The van der Waals surface area contributed by atoms with Gasteiger partial charge in [-0.2, -0.15) is 0 Å². The van der Waals surface area contributed by atoms with Crippen LogP contribution in [0.5, 0.6) is 0 Å². The Balaban J connectivity index is 2.29. The van der Waals surface area contributed by atoms with E-state index in [0.717, 1.165) is 31.0 Å². The average Bonchev–Trinajstić information content (AvgIpc) is 2.81. The molecule has 0 fully saturated rings. The van der Waals surface area contributed by atoms with Crippen molar-refractivity contribution in [3.63, 3.8) is 0 Å². The first-order valence-corrected chi connectivity index (χ1v) is 6.83. The predicted octanol–water partition coefficient (Wildman–Crippen LogP) is 1.72. The molecule has 1 heterocycles. The summed E-state index contributed by atoms with van der Waals surface area (Å²) in [5.41, 5.74) is 5.94. The van der Waals surface area contributed by atoms with E-state index in [1.807, 2.05) is 11.6 Å². The number of nitrogens with zero attached hydrogens (tertiary/aromatic N) is 1. The molecule has 0 aliphatic carbocycles. The zero-order valence-electron chi connectivity index (χ0n) is 10.9. The number of nitrogens with two attached hydrogens (primary N) is 1. The van der Waals surface area contributed by atoms with Gasteiger partial charge in [-0.3, -0.25) is 0 Å². The lowest BCUT2D eigenvalue weighted by atomic mass is 10.1. The van der Waals surface area contributed by atoms with Crippen molar-refractivity contribution in [1.29, 1.82) is 0 Å². The van der Waals surface area contributed by atoms with Gasteiger partial charge in [-0.15, -0.1) is 11.3 Å². The molecule has 1 unspecified atom stereocenters. The average molecular weight is 257 g/mol. The molecule has 0 bridgehead atoms. The van der Waals surface area contributed by atoms with E-state index in [1.165, 1.54) is 0 Å². The monoisotopic (exact) mass is 257 g/mol. The van der Waals surface area contributed by atoms with Gasteiger partial charge in [0.15, 0.2) is 0 Å². The van der Waals surface area contributed by atoms with Crippen LogP contribution < -0.4 is 11.1 Å². The minimum absolute atomic E-state index is 0.104. The summed E-state index contributed by atoms with van der Waals surface area (Å²) in [6.45, 7) is 5.85. The van der Waals surface area contributed by atoms with Gasteiger partial charge in [0.2, 0.25) is 0 Å². The van der Waals surface area contributed by atoms with Crippen molar-refractivity contribution in [1.82, 2.24) is 10.3 Å². The molecule has 0 aliphatic rings. The number of ether oxygens (including phenoxy) is 1. The maximum Gasteiger partial charge on any atom is 0.112 e. The molecule has 1 aromatic rings. The second-order valence-electron chi connectivity index (χ2n) is 4.74. The van der Waals surface area contributed by atoms with Gasteiger partial charge in [0.05, 0.1) is 5.54 Å². The Morgan fingerprint density at radius 1 is 1.59 bits per heavy atom. The molecule has 0 spiro atoms. The van der Waals surface area contributed by atoms with E-state index in [1.54, 1.807) is 18.4 Å². The first-order valence-electron chi connectivity index (χ1n) is 5.96. The molecule has 0 saturated carbocycles. The maximum absolute atomic E-state index is 6.04. The summed E-state index contributed by atoms with van der Waals surface area (Å²) in [4.78, 5) is 4.34. The molecule has 5 heteroatoms. The molecule has 0 amide bonds. The fourth-order valence-electron chi connectivity index (χ4n) is 1.59. The van der Waals surface area contributed by atoms with E-state index in [2.05, 4.69) is 24.1 Å². The van der Waals surface area contributed by atoms with Gasteiger partial charge in [-0.05, 0) is 26.7 Å². The second kappa shape index (κ2) is 7.06. The summed E-state index contributed by atoms with van der Waals surface area (Å²) in [5.74, 6) is 0. The van der Waals surface area contributed by atoms with Crippen molar-refractivity contribution in [2.24, 2.45) is 5.73 Å². The molecular formula is C12H23N3OS. The lowest BCUT2D eigenvalue weighted by molar-refractivity contribution is 0.189. The second-order valence-corrected chi connectivity index (χ2v) is 5.63. The van der Waals surface area contributed by atoms with Crippen LogP contribution in [0.4, 0.5) is 0 Å². The lowest BCUT2D eigenvalue weighted by Crippen LogP contribution is -2.43. The summed E-state index contributed by atoms with van der Waals surface area (Å²) in [7, 11) is 1.72. The summed E-state index contributed by atoms with van der Waals surface area (Å²) in [5, 5.41) is 6.57. The summed E-state index contributed by atoms with van der Waals surface area (Å²) >= 11 is 1.67. The first-order chi connectivity index (χ1) is 8.06. The molecule has 0 saturated heterocycles. The molecule has 1 aromatic heterocycles. The van der Waals surface area contributed by atoms with Crippen molar-refractivity contribution in [3.05, 3.63) is 16.6 Å². The van der Waals surface area contributed by atoms with Crippen LogP contribution in [0.25, 0.3) is 0 Å². The van der Waals surface area contributed by atoms with E-state index in [9.17, 15) is 0 Å². The highest BCUT2D eigenvalue weighted by molar-refractivity contribution is 7.09. The predicted molar refractivity (Wildman–Crippen MR) is 72.2 cm³/mol. The Morgan fingerprint density at radius 3 is 2.94 bits per heavy atom. The van der Waals surface area contributed by atoms with Gasteiger partial charge in [0.25, 0.3) is 0 Å². The van der Waals surface area contributed by atoms with Crippen LogP contribution in [0.1, 0.15) is 31.7 Å². The molecule has 3 N–H and O–H groups in total. The fourth-order valence-corrected chi connectivity index (χ4v) is 2.33. The molecular weight excluding hydrogens is 234 g/mol. The van der Waals surface area contributed by atoms with E-state index in [0.29, 0.717) is 0 Å². The lowest BCUT2D eigenvalue weighted by Gasteiger charge is -2.26. The zero-order valence-corrected chi connectivity index (χ0v) is 11.7. The quantitative estimate of drug-likeness (QED) is 0.696. The number of methoxy groups -OCH3 is 1. The zero-order chi connectivity index (χ0) is 12.7. The minimum Gasteiger partial charge on any atom is -0.385 e. The number of hydrogen-bond acceptors (Lipinski definition) is 5. The summed E-state index contributed by atoms with van der Waals surface area (Å²) < 4.78 is 5.01. The van der Waals surface area contributed by atoms with E-state index < -0.39 is 0 Å². The maximum atomic E-state index is 6.04. The van der Waals surface area contributed by atoms with Crippen LogP contribution in [-0.2, 0) is 10.3 Å². The Hall–Kier alpha value is -0.490. The molecule has 1 atom stereocenters. The molecule has 1 rings (SSSR count). The highest BCUT2D eigenvalue weighted by Gasteiger charge is 2.22. The van der Waals surface area contributed by atoms with E-state index in [4.69, 9.17) is 10.5 Å². The highest BCUT2D eigenvalue weighted by atomic mass is 32.1. The van der Waals surface area contributed by atoms with Crippen LogP contribution in [-0.4, -0.2) is 31.3 Å². The van der Waals surface area contributed by atoms with Crippen molar-refractivity contribution < 1.29 is 4.74 Å². The molecule has 17 heavy (non-hydrogen) atoms. The normalized spacial score (nSPS) is 13.9. The number of rotatable bonds is 8. The third-order valence-corrected chi connectivity index (χ3v) is 3.79. The molecule has 0 aromatic carbocycles. The van der Waals surface area contributed by atoms with Gasteiger partial charge >= 0.3 is 0 Å². The third kappa shape index (κ3) is 5.12. The van der Waals surface area contributed by atoms with Crippen molar-refractivity contribution >= 4 is 11.3 Å². The Kier molecular flexibility index (Phi) is 6.05. The topological polar surface area (TPSA) is 60.2 Å². The standard InChI is InChI=1S/C12H23N3OS/c1-12(2,11-14-6-8-17-11)15-9-10(13)5-4-7-16-3/h6,8,10,15H,4-5,7,9,13H2,1-3H3. The Morgan fingerprint density at radius 2 is 2.35 bits per heavy atom. The molecule has 98 valence electrons. The van der Waals surface area contributed by atoms with Crippen molar-refractivity contribution in [2.45, 2.75) is 38.3 Å². The van der Waals surface area contributed by atoms with Gasteiger partial charge in [-0.25, -0.2) is 4.98 Å². The van der Waals surface area contributed by atoms with Crippen LogP contribution in [0.15, 0.2) is 11.6 Å². The largest absolute Gasteiger partial charge is 0.385 e. The van der Waals surface area contributed by atoms with Crippen LogP contribution in [0.2, 0.25) is 0 Å². The number of aromatic nitrogens is 1. The summed E-state index contributed by atoms with van der Waals surface area (Å²) in [6, 6.07) is 0.171. The summed E-state index contributed by atoms with van der Waals surface area (Å²) in [6.07, 6.45) is 3.83. The van der Waals surface area contributed by atoms with E-state index in [-0.39, 0.29) is 11.6 Å². The molecule has 0 radical (unpaired) electrons. The fraction of sp³-hybridized carbons (Fsp3) is 0.750. The smallest absolute Gasteiger partial charge is 0.112 e. The highest BCUT2D eigenvalue weighted by Crippen LogP contribution is 2.21. The van der Waals surface area contributed by atoms with Gasteiger partial charge < -0.3 is 15.8 Å². The van der Waals surface area contributed by atoms with Crippen molar-refractivity contribution in [3.8, 4) is 0 Å². The van der Waals surface area contributed by atoms with Crippen LogP contribution in [0.3, 0.4) is 0 Å². The molecule has 4 nitrogen and oxygen atoms in total. The first kappa shape index (κ1) is 14.6. The van der Waals surface area contributed by atoms with Gasteiger partial charge in [-0.1, -0.05) is 0 Å². The van der Waals surface area contributed by atoms with Gasteiger partial charge in [0.1, 0.15) is 5.01 Å². The Labute approximate surface area is 108 Å². The Bertz CT molecular complexity index is 301. The SMILES string of the molecule is COCCCC(N)CNC(C)(C)c1nccs1.